The highest BCUT2D eigenvalue weighted by Gasteiger charge is 2.33. The molecule has 0 saturated carbocycles. The Bertz CT molecular complexity index is 769. The number of nitrogen functional groups attached to an aromatic ring is 1. The summed E-state index contributed by atoms with van der Waals surface area (Å²) in [5, 5.41) is 4.00. The lowest BCUT2D eigenvalue weighted by atomic mass is 10.1. The number of carbonyl (C=O) groups excluding carboxylic acids is 1. The Morgan fingerprint density at radius 3 is 2.62 bits per heavy atom. The molecule has 0 radical (unpaired) electrons. The standard InChI is InChI=1S/C15H16F3N3O3/c1-4-23-14(22)12-8(2)21(3)20-13(12)24-9-5-6-11(19)10(7-9)15(16,17)18/h5-7H,4,19H2,1-3H3. The number of esters is 1. The minimum atomic E-state index is -4.62. The molecule has 0 saturated heterocycles. The zero-order chi connectivity index (χ0) is 18.1. The summed E-state index contributed by atoms with van der Waals surface area (Å²) in [5.41, 5.74) is 4.43. The number of hydrogen-bond donors (Lipinski definition) is 1. The van der Waals surface area contributed by atoms with E-state index in [1.807, 2.05) is 0 Å². The Labute approximate surface area is 136 Å². The average molecular weight is 343 g/mol. The molecular weight excluding hydrogens is 327 g/mol. The Kier molecular flexibility index (Phi) is 4.72. The molecule has 0 unspecified atom stereocenters. The van der Waals surface area contributed by atoms with Gasteiger partial charge in [-0.2, -0.15) is 13.2 Å². The smallest absolute Gasteiger partial charge is 0.418 e. The van der Waals surface area contributed by atoms with Gasteiger partial charge in [-0.25, -0.2) is 4.79 Å². The molecule has 0 aliphatic carbocycles. The number of nitrogens with zero attached hydrogens (tertiary/aromatic N) is 2. The number of carbonyl (C=O) groups is 1. The fraction of sp³-hybridized carbons (Fsp3) is 0.333. The van der Waals surface area contributed by atoms with Crippen LogP contribution in [0, 0.1) is 6.92 Å². The van der Waals surface area contributed by atoms with Crippen molar-refractivity contribution in [3.8, 4) is 11.6 Å². The van der Waals surface area contributed by atoms with Gasteiger partial charge in [0.05, 0.1) is 17.9 Å². The van der Waals surface area contributed by atoms with Crippen LogP contribution in [-0.4, -0.2) is 22.4 Å². The molecule has 130 valence electrons. The number of ether oxygens (including phenoxy) is 2. The molecule has 1 aromatic heterocycles. The van der Waals surface area contributed by atoms with Gasteiger partial charge in [-0.15, -0.1) is 5.10 Å². The first kappa shape index (κ1) is 17.6. The van der Waals surface area contributed by atoms with Gasteiger partial charge >= 0.3 is 12.1 Å². The van der Waals surface area contributed by atoms with Crippen LogP contribution in [0.4, 0.5) is 18.9 Å². The number of hydrogen-bond acceptors (Lipinski definition) is 5. The second-order valence-electron chi connectivity index (χ2n) is 4.96. The second kappa shape index (κ2) is 6.42. The lowest BCUT2D eigenvalue weighted by molar-refractivity contribution is -0.137. The van der Waals surface area contributed by atoms with E-state index >= 15 is 0 Å². The van der Waals surface area contributed by atoms with Crippen LogP contribution in [0.1, 0.15) is 28.5 Å². The van der Waals surface area contributed by atoms with E-state index < -0.39 is 23.4 Å². The van der Waals surface area contributed by atoms with Crippen LogP contribution in [0.15, 0.2) is 18.2 Å². The number of benzene rings is 1. The lowest BCUT2D eigenvalue weighted by Gasteiger charge is -2.12. The summed E-state index contributed by atoms with van der Waals surface area (Å²) in [4.78, 5) is 12.0. The Morgan fingerprint density at radius 1 is 1.38 bits per heavy atom. The molecule has 0 aliphatic heterocycles. The summed E-state index contributed by atoms with van der Waals surface area (Å²) in [7, 11) is 1.58. The molecule has 0 spiro atoms. The Balaban J connectivity index is 2.42. The van der Waals surface area contributed by atoms with Gasteiger partial charge in [0.2, 0.25) is 0 Å². The molecule has 1 aromatic carbocycles. The topological polar surface area (TPSA) is 79.4 Å². The molecule has 0 aliphatic rings. The van der Waals surface area contributed by atoms with Crippen LogP contribution >= 0.6 is 0 Å². The third-order valence-electron chi connectivity index (χ3n) is 3.33. The van der Waals surface area contributed by atoms with Crippen molar-refractivity contribution in [1.29, 1.82) is 0 Å². The maximum Gasteiger partial charge on any atom is 0.418 e. The zero-order valence-corrected chi connectivity index (χ0v) is 13.3. The third-order valence-corrected chi connectivity index (χ3v) is 3.33. The first-order valence-corrected chi connectivity index (χ1v) is 7.00. The van der Waals surface area contributed by atoms with E-state index in [1.54, 1.807) is 20.9 Å². The van der Waals surface area contributed by atoms with Crippen LogP contribution in [0.5, 0.6) is 11.6 Å². The highest BCUT2D eigenvalue weighted by molar-refractivity contribution is 5.93. The van der Waals surface area contributed by atoms with E-state index in [1.165, 1.54) is 10.7 Å². The minimum Gasteiger partial charge on any atom is -0.462 e. The lowest BCUT2D eigenvalue weighted by Crippen LogP contribution is -2.09. The molecule has 0 fully saturated rings. The molecule has 0 amide bonds. The van der Waals surface area contributed by atoms with Crippen molar-refractivity contribution in [2.75, 3.05) is 12.3 Å². The van der Waals surface area contributed by atoms with Gasteiger partial charge in [0.1, 0.15) is 11.3 Å². The van der Waals surface area contributed by atoms with E-state index in [4.69, 9.17) is 15.2 Å². The SMILES string of the molecule is CCOC(=O)c1c(Oc2ccc(N)c(C(F)(F)F)c2)nn(C)c1C. The summed E-state index contributed by atoms with van der Waals surface area (Å²) >= 11 is 0. The van der Waals surface area contributed by atoms with Gasteiger partial charge in [-0.1, -0.05) is 0 Å². The van der Waals surface area contributed by atoms with Crippen molar-refractivity contribution in [2.45, 2.75) is 20.0 Å². The number of rotatable bonds is 4. The second-order valence-corrected chi connectivity index (χ2v) is 4.96. The average Bonchev–Trinajstić information content (AvgIpc) is 2.75. The summed E-state index contributed by atoms with van der Waals surface area (Å²) in [6.45, 7) is 3.41. The Morgan fingerprint density at radius 2 is 2.04 bits per heavy atom. The van der Waals surface area contributed by atoms with Gasteiger partial charge in [-0.05, 0) is 32.0 Å². The van der Waals surface area contributed by atoms with Crippen LogP contribution < -0.4 is 10.5 Å². The first-order valence-electron chi connectivity index (χ1n) is 7.00. The maximum absolute atomic E-state index is 12.9. The Hall–Kier alpha value is -2.71. The normalized spacial score (nSPS) is 11.4. The maximum atomic E-state index is 12.9. The largest absolute Gasteiger partial charge is 0.462 e. The van der Waals surface area contributed by atoms with Gasteiger partial charge in [0.15, 0.2) is 0 Å². The summed E-state index contributed by atoms with van der Waals surface area (Å²) in [5.74, 6) is -0.934. The van der Waals surface area contributed by atoms with E-state index in [-0.39, 0.29) is 23.8 Å². The van der Waals surface area contributed by atoms with E-state index in [9.17, 15) is 18.0 Å². The van der Waals surface area contributed by atoms with E-state index in [0.29, 0.717) is 5.69 Å². The van der Waals surface area contributed by atoms with E-state index in [2.05, 4.69) is 5.10 Å². The summed E-state index contributed by atoms with van der Waals surface area (Å²) < 4.78 is 50.4. The van der Waals surface area contributed by atoms with Gasteiger partial charge < -0.3 is 15.2 Å². The highest BCUT2D eigenvalue weighted by atomic mass is 19.4. The predicted molar refractivity (Wildman–Crippen MR) is 79.8 cm³/mol. The molecule has 2 N–H and O–H groups in total. The summed E-state index contributed by atoms with van der Waals surface area (Å²) in [6, 6.07) is 3.11. The minimum absolute atomic E-state index is 0.0599. The number of aryl methyl sites for hydroxylation is 1. The van der Waals surface area contributed by atoms with Crippen LogP contribution in [0.3, 0.4) is 0 Å². The van der Waals surface area contributed by atoms with E-state index in [0.717, 1.165) is 12.1 Å². The number of halogens is 3. The van der Waals surface area contributed by atoms with Gasteiger partial charge in [0, 0.05) is 12.7 Å². The first-order chi connectivity index (χ1) is 11.1. The van der Waals surface area contributed by atoms with Crippen molar-refractivity contribution < 1.29 is 27.4 Å². The predicted octanol–water partition coefficient (Wildman–Crippen LogP) is 3.30. The molecule has 24 heavy (non-hydrogen) atoms. The molecular formula is C15H16F3N3O3. The van der Waals surface area contributed by atoms with Crippen molar-refractivity contribution >= 4 is 11.7 Å². The fourth-order valence-corrected chi connectivity index (χ4v) is 2.04. The fourth-order valence-electron chi connectivity index (χ4n) is 2.04. The molecule has 9 heteroatoms. The number of anilines is 1. The molecule has 2 aromatic rings. The molecule has 6 nitrogen and oxygen atoms in total. The molecule has 0 bridgehead atoms. The number of aromatic nitrogens is 2. The highest BCUT2D eigenvalue weighted by Crippen LogP contribution is 2.37. The zero-order valence-electron chi connectivity index (χ0n) is 13.3. The van der Waals surface area contributed by atoms with Crippen molar-refractivity contribution in [3.63, 3.8) is 0 Å². The quantitative estimate of drug-likeness (QED) is 0.681. The third kappa shape index (κ3) is 3.44. The van der Waals surface area contributed by atoms with Crippen LogP contribution in [0.25, 0.3) is 0 Å². The van der Waals surface area contributed by atoms with Crippen LogP contribution in [0.2, 0.25) is 0 Å². The van der Waals surface area contributed by atoms with Crippen LogP contribution in [-0.2, 0) is 18.0 Å². The molecule has 0 atom stereocenters. The van der Waals surface area contributed by atoms with Crippen molar-refractivity contribution in [3.05, 3.63) is 35.0 Å². The van der Waals surface area contributed by atoms with Gasteiger partial charge in [0.25, 0.3) is 5.88 Å². The molecule has 2 rings (SSSR count). The summed E-state index contributed by atoms with van der Waals surface area (Å²) in [6.07, 6.45) is -4.62. The van der Waals surface area contributed by atoms with Crippen molar-refractivity contribution in [1.82, 2.24) is 9.78 Å². The number of nitrogens with two attached hydrogens (primary N) is 1. The monoisotopic (exact) mass is 343 g/mol. The van der Waals surface area contributed by atoms with Gasteiger partial charge in [-0.3, -0.25) is 4.68 Å². The number of alkyl halides is 3. The molecule has 1 heterocycles. The van der Waals surface area contributed by atoms with Crippen molar-refractivity contribution in [2.24, 2.45) is 7.05 Å².